The lowest BCUT2D eigenvalue weighted by Gasteiger charge is -2.12. The number of aromatic nitrogens is 4. The van der Waals surface area contributed by atoms with Gasteiger partial charge in [0.15, 0.2) is 11.5 Å². The van der Waals surface area contributed by atoms with Crippen LogP contribution in [-0.2, 0) is 16.1 Å². The molecule has 10 heteroatoms. The van der Waals surface area contributed by atoms with Gasteiger partial charge in [0, 0.05) is 44.4 Å². The smallest absolute Gasteiger partial charge is 0.277 e. The van der Waals surface area contributed by atoms with Crippen LogP contribution in [0.5, 0.6) is 0 Å². The molecule has 1 amide bonds. The minimum Gasteiger partial charge on any atom is -0.380 e. The molecule has 0 saturated carbocycles. The number of carbonyl (C=O) groups is 1. The molecule has 0 spiro atoms. The Hall–Kier alpha value is -3.37. The molecular weight excluding hydrogens is 369 g/mol. The van der Waals surface area contributed by atoms with E-state index in [-0.39, 0.29) is 30.3 Å². The molecule has 0 fully saturated rings. The van der Waals surface area contributed by atoms with Gasteiger partial charge in [-0.3, -0.25) is 9.59 Å². The fraction of sp³-hybridized carbons (Fsp3) is 0.222. The van der Waals surface area contributed by atoms with Gasteiger partial charge in [0.05, 0.1) is 12.3 Å². The van der Waals surface area contributed by atoms with Gasteiger partial charge in [0.2, 0.25) is 5.43 Å². The van der Waals surface area contributed by atoms with Gasteiger partial charge in [0.25, 0.3) is 5.91 Å². The summed E-state index contributed by atoms with van der Waals surface area (Å²) in [5, 5.41) is 10.5. The van der Waals surface area contributed by atoms with Gasteiger partial charge >= 0.3 is 0 Å². The van der Waals surface area contributed by atoms with E-state index >= 15 is 0 Å². The zero-order valence-electron chi connectivity index (χ0n) is 15.3. The fourth-order valence-electron chi connectivity index (χ4n) is 2.54. The first kappa shape index (κ1) is 19.4. The summed E-state index contributed by atoms with van der Waals surface area (Å²) in [5.74, 6) is -1.33. The number of ether oxygens (including phenoxy) is 2. The van der Waals surface area contributed by atoms with Crippen LogP contribution in [0.25, 0.3) is 11.4 Å². The molecule has 0 aliphatic carbocycles. The Balaban J connectivity index is 2.07. The maximum Gasteiger partial charge on any atom is 0.277 e. The normalized spacial score (nSPS) is 10.8. The quantitative estimate of drug-likeness (QED) is 0.608. The Morgan fingerprint density at radius 3 is 2.71 bits per heavy atom. The third-order valence-electron chi connectivity index (χ3n) is 3.83. The van der Waals surface area contributed by atoms with Gasteiger partial charge in [-0.15, -0.1) is 0 Å². The van der Waals surface area contributed by atoms with E-state index in [2.05, 4.69) is 15.5 Å². The van der Waals surface area contributed by atoms with Crippen LogP contribution in [0, 0.1) is 5.82 Å². The Morgan fingerprint density at radius 1 is 1.25 bits per heavy atom. The van der Waals surface area contributed by atoms with Crippen molar-refractivity contribution in [2.75, 3.05) is 21.0 Å². The molecule has 1 aromatic carbocycles. The molecule has 0 radical (unpaired) electrons. The van der Waals surface area contributed by atoms with Crippen molar-refractivity contribution >= 4 is 5.91 Å². The number of benzene rings is 1. The summed E-state index contributed by atoms with van der Waals surface area (Å²) in [6.45, 7) is -0.152. The zero-order chi connectivity index (χ0) is 20.1. The van der Waals surface area contributed by atoms with E-state index in [1.54, 1.807) is 24.5 Å². The highest BCUT2D eigenvalue weighted by molar-refractivity contribution is 5.92. The van der Waals surface area contributed by atoms with Crippen LogP contribution in [0.4, 0.5) is 4.39 Å². The van der Waals surface area contributed by atoms with Crippen molar-refractivity contribution in [2.45, 2.75) is 6.61 Å². The maximum absolute atomic E-state index is 14.7. The summed E-state index contributed by atoms with van der Waals surface area (Å²) in [6, 6.07) is 6.13. The summed E-state index contributed by atoms with van der Waals surface area (Å²) < 4.78 is 27.2. The highest BCUT2D eigenvalue weighted by Crippen LogP contribution is 2.17. The number of nitrogens with zero attached hydrogens (tertiary/aromatic N) is 4. The van der Waals surface area contributed by atoms with Crippen LogP contribution >= 0.6 is 0 Å². The number of nitrogens with one attached hydrogen (secondary N) is 1. The second-order valence-electron chi connectivity index (χ2n) is 5.73. The predicted octanol–water partition coefficient (Wildman–Crippen LogP) is 1.04. The Kier molecular flexibility index (Phi) is 5.92. The van der Waals surface area contributed by atoms with E-state index in [9.17, 15) is 14.0 Å². The third-order valence-corrected chi connectivity index (χ3v) is 3.83. The Morgan fingerprint density at radius 2 is 2.07 bits per heavy atom. The third kappa shape index (κ3) is 3.97. The lowest BCUT2D eigenvalue weighted by atomic mass is 10.2. The largest absolute Gasteiger partial charge is 0.380 e. The number of amides is 1. The number of carbonyl (C=O) groups excluding carboxylic acids is 1. The van der Waals surface area contributed by atoms with Crippen molar-refractivity contribution in [2.24, 2.45) is 0 Å². The van der Waals surface area contributed by atoms with Crippen LogP contribution in [0.15, 0.2) is 47.7 Å². The predicted molar refractivity (Wildman–Crippen MR) is 97.0 cm³/mol. The van der Waals surface area contributed by atoms with E-state index in [4.69, 9.17) is 9.47 Å². The average molecular weight is 387 g/mol. The molecule has 1 N–H and O–H groups in total. The summed E-state index contributed by atoms with van der Waals surface area (Å²) in [5.41, 5.74) is -0.241. The summed E-state index contributed by atoms with van der Waals surface area (Å²) in [7, 11) is 2.80. The fourth-order valence-corrected chi connectivity index (χ4v) is 2.54. The second kappa shape index (κ2) is 8.55. The van der Waals surface area contributed by atoms with Gasteiger partial charge in [-0.2, -0.15) is 10.2 Å². The van der Waals surface area contributed by atoms with Crippen LogP contribution in [0.1, 0.15) is 16.1 Å². The molecule has 9 nitrogen and oxygen atoms in total. The molecule has 0 bridgehead atoms. The molecule has 2 heterocycles. The second-order valence-corrected chi connectivity index (χ2v) is 5.73. The lowest BCUT2D eigenvalue weighted by Crippen LogP contribution is -2.34. The van der Waals surface area contributed by atoms with E-state index in [1.807, 2.05) is 0 Å². The molecule has 0 saturated heterocycles. The monoisotopic (exact) mass is 387 g/mol. The highest BCUT2D eigenvalue weighted by Gasteiger charge is 2.18. The minimum absolute atomic E-state index is 0.0566. The summed E-state index contributed by atoms with van der Waals surface area (Å²) in [6.07, 6.45) is 4.60. The molecule has 28 heavy (non-hydrogen) atoms. The van der Waals surface area contributed by atoms with Crippen LogP contribution in [0.2, 0.25) is 0 Å². The Bertz CT molecular complexity index is 1030. The number of halogens is 1. The van der Waals surface area contributed by atoms with Gasteiger partial charge < -0.3 is 14.8 Å². The molecule has 0 atom stereocenters. The molecule has 0 aliphatic heterocycles. The van der Waals surface area contributed by atoms with Crippen molar-refractivity contribution in [3.8, 4) is 11.4 Å². The molecule has 3 aromatic rings. The highest BCUT2D eigenvalue weighted by atomic mass is 19.1. The molecule has 146 valence electrons. The molecule has 2 aromatic heterocycles. The van der Waals surface area contributed by atoms with Crippen molar-refractivity contribution in [1.82, 2.24) is 24.9 Å². The molecule has 0 aliphatic rings. The van der Waals surface area contributed by atoms with E-state index in [0.717, 1.165) is 4.68 Å². The van der Waals surface area contributed by atoms with Gasteiger partial charge in [-0.1, -0.05) is 0 Å². The van der Waals surface area contributed by atoms with Crippen LogP contribution in [-0.4, -0.2) is 46.4 Å². The number of hydrogen-bond acceptors (Lipinski definition) is 6. The average Bonchev–Trinajstić information content (AvgIpc) is 3.22. The first-order chi connectivity index (χ1) is 13.5. The number of rotatable bonds is 7. The van der Waals surface area contributed by atoms with Crippen LogP contribution in [0.3, 0.4) is 0 Å². The van der Waals surface area contributed by atoms with Crippen molar-refractivity contribution in [3.63, 3.8) is 0 Å². The standard InChI is InChI=1S/C18H18FN5O4/c1-27-10-12-9-24(22-16(17(12)25)18(26)20-11-28-2)15-5-4-13(8-14(15)19)23-7-3-6-21-23/h3-9H,10-11H2,1-2H3,(H,20,26). The van der Waals surface area contributed by atoms with Gasteiger partial charge in [-0.05, 0) is 18.2 Å². The van der Waals surface area contributed by atoms with E-state index in [1.165, 1.54) is 37.2 Å². The van der Waals surface area contributed by atoms with Gasteiger partial charge in [0.1, 0.15) is 12.4 Å². The molecular formula is C18H18FN5O4. The zero-order valence-corrected chi connectivity index (χ0v) is 15.3. The SMILES string of the molecule is COCNC(=O)c1nn(-c2ccc(-n3cccn3)cc2F)cc(COC)c1=O. The first-order valence-corrected chi connectivity index (χ1v) is 8.24. The molecule has 0 unspecified atom stereocenters. The van der Waals surface area contributed by atoms with Crippen molar-refractivity contribution in [1.29, 1.82) is 0 Å². The number of methoxy groups -OCH3 is 2. The van der Waals surface area contributed by atoms with Crippen molar-refractivity contribution < 1.29 is 18.7 Å². The first-order valence-electron chi connectivity index (χ1n) is 8.24. The topological polar surface area (TPSA) is 100 Å². The minimum atomic E-state index is -0.730. The lowest BCUT2D eigenvalue weighted by molar-refractivity contribution is 0.0863. The van der Waals surface area contributed by atoms with Crippen molar-refractivity contribution in [3.05, 3.63) is 70.2 Å². The summed E-state index contributed by atoms with van der Waals surface area (Å²) >= 11 is 0. The van der Waals surface area contributed by atoms with Crippen LogP contribution < -0.4 is 10.7 Å². The van der Waals surface area contributed by atoms with E-state index in [0.29, 0.717) is 5.69 Å². The molecule has 3 rings (SSSR count). The van der Waals surface area contributed by atoms with E-state index < -0.39 is 17.2 Å². The number of hydrogen-bond donors (Lipinski definition) is 1. The van der Waals surface area contributed by atoms with Gasteiger partial charge in [-0.25, -0.2) is 13.8 Å². The Labute approximate surface area is 159 Å². The summed E-state index contributed by atoms with van der Waals surface area (Å²) in [4.78, 5) is 24.7. The maximum atomic E-state index is 14.7.